The molecule has 3 N–H and O–H groups in total. The first-order valence-electron chi connectivity index (χ1n) is 7.91. The molecule has 0 aliphatic heterocycles. The van der Waals surface area contributed by atoms with Gasteiger partial charge in [0.05, 0.1) is 5.92 Å². The molecular weight excluding hydrogens is 300 g/mol. The van der Waals surface area contributed by atoms with Crippen LogP contribution in [0, 0.1) is 0 Å². The molecule has 0 radical (unpaired) electrons. The van der Waals surface area contributed by atoms with Crippen molar-refractivity contribution in [3.63, 3.8) is 0 Å². The highest BCUT2D eigenvalue weighted by atomic mass is 16.2. The Morgan fingerprint density at radius 1 is 1.08 bits per heavy atom. The van der Waals surface area contributed by atoms with Gasteiger partial charge in [0.15, 0.2) is 0 Å². The van der Waals surface area contributed by atoms with E-state index in [-0.39, 0.29) is 5.91 Å². The summed E-state index contributed by atoms with van der Waals surface area (Å²) in [6.45, 7) is 5.60. The molecule has 2 aromatic rings. The molecule has 0 bridgehead atoms. The molecule has 0 fully saturated rings. The van der Waals surface area contributed by atoms with Gasteiger partial charge in [0.1, 0.15) is 6.04 Å². The summed E-state index contributed by atoms with van der Waals surface area (Å²) in [5.41, 5.74) is 10.2. The van der Waals surface area contributed by atoms with Crippen LogP contribution in [-0.4, -0.2) is 17.9 Å². The van der Waals surface area contributed by atoms with Gasteiger partial charge in [0.2, 0.25) is 11.8 Å². The van der Waals surface area contributed by atoms with Crippen molar-refractivity contribution < 1.29 is 9.59 Å². The maximum atomic E-state index is 12.9. The van der Waals surface area contributed by atoms with Crippen LogP contribution in [0.1, 0.15) is 30.4 Å². The lowest BCUT2D eigenvalue weighted by Gasteiger charge is -2.19. The van der Waals surface area contributed by atoms with Crippen LogP contribution in [-0.2, 0) is 9.59 Å². The summed E-state index contributed by atoms with van der Waals surface area (Å²) in [6.07, 6.45) is 0.344. The minimum atomic E-state index is -0.741. The Morgan fingerprint density at radius 3 is 2.04 bits per heavy atom. The summed E-state index contributed by atoms with van der Waals surface area (Å²) in [6, 6.07) is 15.0. The summed E-state index contributed by atoms with van der Waals surface area (Å²) in [7, 11) is 0. The van der Waals surface area contributed by atoms with E-state index < -0.39 is 17.9 Å². The van der Waals surface area contributed by atoms with Gasteiger partial charge in [-0.3, -0.25) is 9.59 Å². The monoisotopic (exact) mass is 320 g/mol. The van der Waals surface area contributed by atoms with E-state index >= 15 is 0 Å². The predicted molar refractivity (Wildman–Crippen MR) is 94.3 cm³/mol. The molecule has 3 rings (SSSR count). The van der Waals surface area contributed by atoms with Crippen LogP contribution in [0.4, 0.5) is 0 Å². The summed E-state index contributed by atoms with van der Waals surface area (Å²) in [5, 5.41) is 2.80. The van der Waals surface area contributed by atoms with Gasteiger partial charge in [-0.1, -0.05) is 54.1 Å². The second-order valence-electron chi connectivity index (χ2n) is 6.23. The molecule has 1 aliphatic rings. The molecule has 24 heavy (non-hydrogen) atoms. The van der Waals surface area contributed by atoms with E-state index in [1.807, 2.05) is 55.5 Å². The van der Waals surface area contributed by atoms with Crippen LogP contribution in [0.2, 0.25) is 0 Å². The number of rotatable bonds is 5. The quantitative estimate of drug-likeness (QED) is 0.832. The van der Waals surface area contributed by atoms with Crippen molar-refractivity contribution in [2.75, 3.05) is 0 Å². The number of carbonyl (C=O) groups is 2. The van der Waals surface area contributed by atoms with E-state index in [2.05, 4.69) is 11.9 Å². The number of nitrogens with one attached hydrogen (secondary N) is 1. The number of fused-ring (bicyclic) bond motifs is 3. The third-order valence-electron chi connectivity index (χ3n) is 4.31. The first kappa shape index (κ1) is 16.0. The number of hydrogen-bond acceptors (Lipinski definition) is 2. The first-order chi connectivity index (χ1) is 11.5. The van der Waals surface area contributed by atoms with Crippen molar-refractivity contribution >= 4 is 11.8 Å². The number of carbonyl (C=O) groups excluding carboxylic acids is 2. The Labute approximate surface area is 141 Å². The molecule has 4 nitrogen and oxygen atoms in total. The molecule has 2 amide bonds. The Balaban J connectivity index is 1.95. The minimum absolute atomic E-state index is 0.211. The van der Waals surface area contributed by atoms with E-state index in [0.717, 1.165) is 27.8 Å². The number of benzene rings is 2. The van der Waals surface area contributed by atoms with Crippen LogP contribution in [0.15, 0.2) is 60.7 Å². The smallest absolute Gasteiger partial charge is 0.240 e. The van der Waals surface area contributed by atoms with E-state index in [1.54, 1.807) is 0 Å². The molecule has 0 spiro atoms. The van der Waals surface area contributed by atoms with Gasteiger partial charge < -0.3 is 11.1 Å². The number of nitrogens with two attached hydrogens (primary N) is 1. The van der Waals surface area contributed by atoms with Gasteiger partial charge in [-0.2, -0.15) is 0 Å². The lowest BCUT2D eigenvalue weighted by atomic mass is 9.95. The SMILES string of the molecule is C=C(C)C[C@H](NC(=O)C1c2ccccc2-c2ccccc21)C(N)=O. The highest BCUT2D eigenvalue weighted by Gasteiger charge is 2.34. The molecule has 4 heteroatoms. The van der Waals surface area contributed by atoms with Gasteiger partial charge in [0.25, 0.3) is 0 Å². The molecule has 0 unspecified atom stereocenters. The normalized spacial score (nSPS) is 13.7. The Hall–Kier alpha value is -2.88. The number of primary amides is 1. The third-order valence-corrected chi connectivity index (χ3v) is 4.31. The zero-order chi connectivity index (χ0) is 17.3. The Bertz CT molecular complexity index is 780. The van der Waals surface area contributed by atoms with Crippen LogP contribution >= 0.6 is 0 Å². The Kier molecular flexibility index (Phi) is 4.21. The number of amides is 2. The molecule has 0 aromatic heterocycles. The Morgan fingerprint density at radius 2 is 1.58 bits per heavy atom. The van der Waals surface area contributed by atoms with Gasteiger partial charge in [-0.25, -0.2) is 0 Å². The van der Waals surface area contributed by atoms with Crippen molar-refractivity contribution in [2.24, 2.45) is 5.73 Å². The molecule has 0 saturated carbocycles. The van der Waals surface area contributed by atoms with Crippen molar-refractivity contribution in [1.82, 2.24) is 5.32 Å². The molecule has 0 saturated heterocycles. The van der Waals surface area contributed by atoms with Gasteiger partial charge in [-0.05, 0) is 35.6 Å². The van der Waals surface area contributed by atoms with E-state index in [0.29, 0.717) is 6.42 Å². The fourth-order valence-electron chi connectivity index (χ4n) is 3.26. The molecule has 1 aliphatic carbocycles. The average molecular weight is 320 g/mol. The highest BCUT2D eigenvalue weighted by molar-refractivity contribution is 5.98. The van der Waals surface area contributed by atoms with Crippen molar-refractivity contribution in [3.05, 3.63) is 71.8 Å². The lowest BCUT2D eigenvalue weighted by Crippen LogP contribution is -2.46. The topological polar surface area (TPSA) is 72.2 Å². The highest BCUT2D eigenvalue weighted by Crippen LogP contribution is 2.44. The van der Waals surface area contributed by atoms with Crippen molar-refractivity contribution in [1.29, 1.82) is 0 Å². The molecule has 0 heterocycles. The zero-order valence-corrected chi connectivity index (χ0v) is 13.6. The lowest BCUT2D eigenvalue weighted by molar-refractivity contribution is -0.127. The largest absolute Gasteiger partial charge is 0.368 e. The van der Waals surface area contributed by atoms with Gasteiger partial charge in [0, 0.05) is 0 Å². The standard InChI is InChI=1S/C20H20N2O2/c1-12(2)11-17(19(21)23)22-20(24)18-15-9-5-3-7-13(15)14-8-4-6-10-16(14)18/h3-10,17-18H,1,11H2,2H3,(H2,21,23)(H,22,24)/t17-/m0/s1. The fourth-order valence-corrected chi connectivity index (χ4v) is 3.26. The van der Waals surface area contributed by atoms with Crippen LogP contribution in [0.5, 0.6) is 0 Å². The molecule has 122 valence electrons. The van der Waals surface area contributed by atoms with Crippen LogP contribution in [0.3, 0.4) is 0 Å². The second kappa shape index (κ2) is 6.32. The summed E-state index contributed by atoms with van der Waals surface area (Å²) in [5.74, 6) is -1.19. The summed E-state index contributed by atoms with van der Waals surface area (Å²) in [4.78, 5) is 24.6. The van der Waals surface area contributed by atoms with Crippen LogP contribution in [0.25, 0.3) is 11.1 Å². The fraction of sp³-hybridized carbons (Fsp3) is 0.200. The molecule has 2 aromatic carbocycles. The molecule has 1 atom stereocenters. The first-order valence-corrected chi connectivity index (χ1v) is 7.91. The zero-order valence-electron chi connectivity index (χ0n) is 13.6. The maximum Gasteiger partial charge on any atom is 0.240 e. The maximum absolute atomic E-state index is 12.9. The van der Waals surface area contributed by atoms with E-state index in [4.69, 9.17) is 5.73 Å². The summed E-state index contributed by atoms with van der Waals surface area (Å²) >= 11 is 0. The van der Waals surface area contributed by atoms with Gasteiger partial charge in [-0.15, -0.1) is 6.58 Å². The average Bonchev–Trinajstić information content (AvgIpc) is 2.88. The van der Waals surface area contributed by atoms with Crippen molar-refractivity contribution in [3.8, 4) is 11.1 Å². The molecular formula is C20H20N2O2. The van der Waals surface area contributed by atoms with Crippen LogP contribution < -0.4 is 11.1 Å². The van der Waals surface area contributed by atoms with E-state index in [1.165, 1.54) is 0 Å². The van der Waals surface area contributed by atoms with E-state index in [9.17, 15) is 9.59 Å². The predicted octanol–water partition coefficient (Wildman–Crippen LogP) is 2.74. The summed E-state index contributed by atoms with van der Waals surface area (Å²) < 4.78 is 0. The number of hydrogen-bond donors (Lipinski definition) is 2. The third kappa shape index (κ3) is 2.83. The minimum Gasteiger partial charge on any atom is -0.368 e. The second-order valence-corrected chi connectivity index (χ2v) is 6.23. The van der Waals surface area contributed by atoms with Crippen molar-refractivity contribution in [2.45, 2.75) is 25.3 Å². The van der Waals surface area contributed by atoms with Gasteiger partial charge >= 0.3 is 0 Å².